The molecule has 164 valence electrons. The summed E-state index contributed by atoms with van der Waals surface area (Å²) in [5.41, 5.74) is 2.06. The van der Waals surface area contributed by atoms with Crippen LogP contribution in [0.1, 0.15) is 24.2 Å². The lowest BCUT2D eigenvalue weighted by atomic mass is 10.00. The predicted molar refractivity (Wildman–Crippen MR) is 122 cm³/mol. The van der Waals surface area contributed by atoms with Gasteiger partial charge >= 0.3 is 0 Å². The standard InChI is InChI=1S/C26H31NO4/c1-2-30-24-15-9-10-16-25(24)31-26(22-13-7-4-8-14-22)23(20-29)27(17-18-28)19-21-11-5-3-6-12-21/h3-16,23,26,28-29H,2,17-20H2,1H3/t23-,26+/m1/s1. The molecule has 5 nitrogen and oxygen atoms in total. The van der Waals surface area contributed by atoms with Gasteiger partial charge in [-0.15, -0.1) is 0 Å². The summed E-state index contributed by atoms with van der Waals surface area (Å²) >= 11 is 0. The Balaban J connectivity index is 1.96. The Hall–Kier alpha value is -2.86. The summed E-state index contributed by atoms with van der Waals surface area (Å²) in [5, 5.41) is 20.2. The third kappa shape index (κ3) is 6.31. The average molecular weight is 422 g/mol. The molecule has 0 spiro atoms. The highest BCUT2D eigenvalue weighted by Crippen LogP contribution is 2.34. The van der Waals surface area contributed by atoms with Gasteiger partial charge in [0.2, 0.25) is 0 Å². The molecule has 3 aromatic rings. The molecule has 31 heavy (non-hydrogen) atoms. The number of rotatable bonds is 12. The molecule has 0 amide bonds. The van der Waals surface area contributed by atoms with Gasteiger partial charge in [0.25, 0.3) is 0 Å². The Kier molecular flexibility index (Phi) is 8.91. The van der Waals surface area contributed by atoms with Crippen LogP contribution in [0.15, 0.2) is 84.9 Å². The second-order valence-corrected chi connectivity index (χ2v) is 7.26. The minimum Gasteiger partial charge on any atom is -0.490 e. The second-order valence-electron chi connectivity index (χ2n) is 7.26. The maximum Gasteiger partial charge on any atom is 0.162 e. The molecule has 0 heterocycles. The summed E-state index contributed by atoms with van der Waals surface area (Å²) in [6, 6.07) is 27.1. The molecule has 2 N–H and O–H groups in total. The smallest absolute Gasteiger partial charge is 0.162 e. The van der Waals surface area contributed by atoms with Gasteiger partial charge in [-0.2, -0.15) is 0 Å². The van der Waals surface area contributed by atoms with E-state index in [1.807, 2.05) is 91.9 Å². The van der Waals surface area contributed by atoms with Crippen LogP contribution in [0.3, 0.4) is 0 Å². The zero-order valence-electron chi connectivity index (χ0n) is 17.9. The van der Waals surface area contributed by atoms with Crippen molar-refractivity contribution in [2.24, 2.45) is 0 Å². The molecular weight excluding hydrogens is 390 g/mol. The van der Waals surface area contributed by atoms with E-state index in [2.05, 4.69) is 4.90 Å². The Bertz CT molecular complexity index is 888. The highest BCUT2D eigenvalue weighted by molar-refractivity contribution is 5.40. The molecule has 0 saturated heterocycles. The molecule has 0 aromatic heterocycles. The van der Waals surface area contributed by atoms with Crippen LogP contribution in [0, 0.1) is 0 Å². The average Bonchev–Trinajstić information content (AvgIpc) is 2.81. The molecule has 0 bridgehead atoms. The molecule has 5 heteroatoms. The van der Waals surface area contributed by atoms with Crippen molar-refractivity contribution >= 4 is 0 Å². The van der Waals surface area contributed by atoms with Gasteiger partial charge in [0.05, 0.1) is 25.9 Å². The van der Waals surface area contributed by atoms with Crippen molar-refractivity contribution in [3.63, 3.8) is 0 Å². The van der Waals surface area contributed by atoms with Crippen LogP contribution < -0.4 is 9.47 Å². The minimum atomic E-state index is -0.455. The third-order valence-corrected chi connectivity index (χ3v) is 5.15. The highest BCUT2D eigenvalue weighted by atomic mass is 16.5. The fraction of sp³-hybridized carbons (Fsp3) is 0.308. The maximum atomic E-state index is 10.4. The SMILES string of the molecule is CCOc1ccccc1O[C@@H](c1ccccc1)[C@@H](CO)N(CCO)Cc1ccccc1. The van der Waals surface area contributed by atoms with Gasteiger partial charge in [0.1, 0.15) is 6.10 Å². The summed E-state index contributed by atoms with van der Waals surface area (Å²) in [6.07, 6.45) is -0.455. The number of hydrogen-bond donors (Lipinski definition) is 2. The van der Waals surface area contributed by atoms with Gasteiger partial charge in [-0.1, -0.05) is 72.8 Å². The van der Waals surface area contributed by atoms with Gasteiger partial charge in [-0.25, -0.2) is 0 Å². The lowest BCUT2D eigenvalue weighted by Gasteiger charge is -2.36. The number of para-hydroxylation sites is 2. The number of ether oxygens (including phenoxy) is 2. The number of aliphatic hydroxyl groups is 2. The van der Waals surface area contributed by atoms with Gasteiger partial charge < -0.3 is 19.7 Å². The lowest BCUT2D eigenvalue weighted by molar-refractivity contribution is 0.0144. The van der Waals surface area contributed by atoms with Crippen molar-refractivity contribution < 1.29 is 19.7 Å². The second kappa shape index (κ2) is 12.1. The van der Waals surface area contributed by atoms with Gasteiger partial charge in [0.15, 0.2) is 11.5 Å². The summed E-state index contributed by atoms with van der Waals surface area (Å²) in [6.45, 7) is 3.34. The number of benzene rings is 3. The first kappa shape index (κ1) is 22.8. The monoisotopic (exact) mass is 421 g/mol. The van der Waals surface area contributed by atoms with Crippen LogP contribution >= 0.6 is 0 Å². The number of nitrogens with zero attached hydrogens (tertiary/aromatic N) is 1. The fourth-order valence-electron chi connectivity index (χ4n) is 3.68. The van der Waals surface area contributed by atoms with Crippen LogP contribution in [0.4, 0.5) is 0 Å². The minimum absolute atomic E-state index is 0.0135. The molecule has 0 aliphatic carbocycles. The molecule has 0 unspecified atom stereocenters. The van der Waals surface area contributed by atoms with E-state index < -0.39 is 6.10 Å². The molecular formula is C26H31NO4. The number of hydrogen-bond acceptors (Lipinski definition) is 5. The molecule has 0 radical (unpaired) electrons. The van der Waals surface area contributed by atoms with Gasteiger partial charge in [-0.3, -0.25) is 4.90 Å². The molecule has 2 atom stereocenters. The van der Waals surface area contributed by atoms with E-state index in [0.717, 1.165) is 11.1 Å². The van der Waals surface area contributed by atoms with E-state index in [4.69, 9.17) is 9.47 Å². The highest BCUT2D eigenvalue weighted by Gasteiger charge is 2.31. The summed E-state index contributed by atoms with van der Waals surface area (Å²) in [5.74, 6) is 1.29. The predicted octanol–water partition coefficient (Wildman–Crippen LogP) is 4.06. The first-order valence-corrected chi connectivity index (χ1v) is 10.7. The van der Waals surface area contributed by atoms with Crippen LogP contribution in [0.2, 0.25) is 0 Å². The van der Waals surface area contributed by atoms with Crippen molar-refractivity contribution in [3.05, 3.63) is 96.1 Å². The number of aliphatic hydroxyl groups excluding tert-OH is 2. The zero-order chi connectivity index (χ0) is 21.9. The maximum absolute atomic E-state index is 10.4. The van der Waals surface area contributed by atoms with E-state index in [-0.39, 0.29) is 19.3 Å². The zero-order valence-corrected chi connectivity index (χ0v) is 17.9. The normalized spacial score (nSPS) is 13.0. The van der Waals surface area contributed by atoms with Crippen molar-refractivity contribution in [2.75, 3.05) is 26.4 Å². The van der Waals surface area contributed by atoms with Crippen LogP contribution in [-0.2, 0) is 6.54 Å². The topological polar surface area (TPSA) is 62.2 Å². The van der Waals surface area contributed by atoms with E-state index in [1.54, 1.807) is 0 Å². The van der Waals surface area contributed by atoms with Gasteiger partial charge in [0, 0.05) is 13.1 Å². The first-order chi connectivity index (χ1) is 15.3. The Labute approximate surface area is 184 Å². The van der Waals surface area contributed by atoms with E-state index >= 15 is 0 Å². The lowest BCUT2D eigenvalue weighted by Crippen LogP contribution is -2.45. The summed E-state index contributed by atoms with van der Waals surface area (Å²) < 4.78 is 12.2. The van der Waals surface area contributed by atoms with Crippen molar-refractivity contribution in [1.82, 2.24) is 4.90 Å². The van der Waals surface area contributed by atoms with Crippen molar-refractivity contribution in [3.8, 4) is 11.5 Å². The Morgan fingerprint density at radius 1 is 0.806 bits per heavy atom. The van der Waals surface area contributed by atoms with Crippen molar-refractivity contribution in [2.45, 2.75) is 25.6 Å². The Morgan fingerprint density at radius 2 is 1.42 bits per heavy atom. The molecule has 3 aromatic carbocycles. The molecule has 0 fully saturated rings. The first-order valence-electron chi connectivity index (χ1n) is 10.7. The summed E-state index contributed by atoms with van der Waals surface area (Å²) in [4.78, 5) is 2.07. The molecule has 0 aliphatic heterocycles. The van der Waals surface area contributed by atoms with Gasteiger partial charge in [-0.05, 0) is 30.2 Å². The Morgan fingerprint density at radius 3 is 2.03 bits per heavy atom. The largest absolute Gasteiger partial charge is 0.490 e. The van der Waals surface area contributed by atoms with Crippen LogP contribution in [-0.4, -0.2) is 47.5 Å². The van der Waals surface area contributed by atoms with E-state index in [1.165, 1.54) is 0 Å². The molecule has 0 saturated carbocycles. The quantitative estimate of drug-likeness (QED) is 0.462. The van der Waals surface area contributed by atoms with E-state index in [0.29, 0.717) is 31.2 Å². The molecule has 3 rings (SSSR count). The third-order valence-electron chi connectivity index (χ3n) is 5.15. The fourth-order valence-corrected chi connectivity index (χ4v) is 3.68. The summed E-state index contributed by atoms with van der Waals surface area (Å²) in [7, 11) is 0. The van der Waals surface area contributed by atoms with Crippen LogP contribution in [0.5, 0.6) is 11.5 Å². The van der Waals surface area contributed by atoms with Crippen molar-refractivity contribution in [1.29, 1.82) is 0 Å². The molecule has 0 aliphatic rings. The van der Waals surface area contributed by atoms with Crippen LogP contribution in [0.25, 0.3) is 0 Å². The van der Waals surface area contributed by atoms with E-state index in [9.17, 15) is 10.2 Å².